The Hall–Kier alpha value is -1.09. The standard InChI is InChI=1S/C17H29N3/c1-5-14-6-8-15(9-7-14)20(4)16-10-11-17(19-12-16)13(2)18-3/h10-15,18H,5-9H2,1-4H3. The van der Waals surface area contributed by atoms with Crippen molar-refractivity contribution in [3.05, 3.63) is 24.0 Å². The van der Waals surface area contributed by atoms with Crippen LogP contribution >= 0.6 is 0 Å². The lowest BCUT2D eigenvalue weighted by Gasteiger charge is -2.35. The molecule has 3 nitrogen and oxygen atoms in total. The summed E-state index contributed by atoms with van der Waals surface area (Å²) < 4.78 is 0. The molecule has 1 unspecified atom stereocenters. The van der Waals surface area contributed by atoms with E-state index in [1.807, 2.05) is 13.2 Å². The van der Waals surface area contributed by atoms with E-state index < -0.39 is 0 Å². The summed E-state index contributed by atoms with van der Waals surface area (Å²) in [7, 11) is 4.19. The second-order valence-corrected chi connectivity index (χ2v) is 6.15. The van der Waals surface area contributed by atoms with Crippen LogP contribution in [0.5, 0.6) is 0 Å². The average Bonchev–Trinajstić information content (AvgIpc) is 2.53. The predicted octanol–water partition coefficient (Wildman–Crippen LogP) is 3.77. The summed E-state index contributed by atoms with van der Waals surface area (Å²) in [6.07, 6.45) is 8.78. The number of rotatable bonds is 5. The summed E-state index contributed by atoms with van der Waals surface area (Å²) in [5.41, 5.74) is 2.36. The minimum Gasteiger partial charge on any atom is -0.370 e. The van der Waals surface area contributed by atoms with Gasteiger partial charge in [0.05, 0.1) is 17.6 Å². The molecule has 1 aliphatic rings. The van der Waals surface area contributed by atoms with Crippen LogP contribution < -0.4 is 10.2 Å². The van der Waals surface area contributed by atoms with Crippen molar-refractivity contribution in [1.29, 1.82) is 0 Å². The Morgan fingerprint density at radius 1 is 1.30 bits per heavy atom. The molecule has 0 saturated heterocycles. The molecule has 0 aliphatic heterocycles. The van der Waals surface area contributed by atoms with Crippen LogP contribution in [-0.2, 0) is 0 Å². The van der Waals surface area contributed by atoms with E-state index in [-0.39, 0.29) is 0 Å². The topological polar surface area (TPSA) is 28.2 Å². The Morgan fingerprint density at radius 3 is 2.50 bits per heavy atom. The first-order valence-electron chi connectivity index (χ1n) is 8.01. The maximum atomic E-state index is 4.59. The van der Waals surface area contributed by atoms with Gasteiger partial charge in [-0.1, -0.05) is 13.3 Å². The highest BCUT2D eigenvalue weighted by atomic mass is 15.1. The smallest absolute Gasteiger partial charge is 0.0571 e. The first-order chi connectivity index (χ1) is 9.65. The molecule has 1 heterocycles. The van der Waals surface area contributed by atoms with E-state index >= 15 is 0 Å². The summed E-state index contributed by atoms with van der Waals surface area (Å²) in [6, 6.07) is 5.36. The van der Waals surface area contributed by atoms with E-state index in [0.717, 1.165) is 11.6 Å². The Balaban J connectivity index is 1.97. The molecular formula is C17H29N3. The molecule has 1 saturated carbocycles. The number of hydrogen-bond acceptors (Lipinski definition) is 3. The lowest BCUT2D eigenvalue weighted by Crippen LogP contribution is -2.35. The largest absolute Gasteiger partial charge is 0.370 e. The SMILES string of the molecule is CCC1CCC(N(C)c2ccc(C(C)NC)nc2)CC1. The van der Waals surface area contributed by atoms with Gasteiger partial charge in [0.15, 0.2) is 0 Å². The lowest BCUT2D eigenvalue weighted by atomic mass is 9.84. The molecule has 1 aliphatic carbocycles. The van der Waals surface area contributed by atoms with Crippen molar-refractivity contribution < 1.29 is 0 Å². The van der Waals surface area contributed by atoms with Crippen molar-refractivity contribution in [3.63, 3.8) is 0 Å². The third-order valence-corrected chi connectivity index (χ3v) is 5.00. The molecule has 1 atom stereocenters. The molecule has 1 aromatic rings. The van der Waals surface area contributed by atoms with Crippen LogP contribution in [0.25, 0.3) is 0 Å². The van der Waals surface area contributed by atoms with Gasteiger partial charge in [0, 0.05) is 19.1 Å². The van der Waals surface area contributed by atoms with Gasteiger partial charge in [0.25, 0.3) is 0 Å². The third-order valence-electron chi connectivity index (χ3n) is 5.00. The van der Waals surface area contributed by atoms with Gasteiger partial charge in [-0.3, -0.25) is 4.98 Å². The molecule has 2 rings (SSSR count). The van der Waals surface area contributed by atoms with Gasteiger partial charge in [0.1, 0.15) is 0 Å². The Labute approximate surface area is 123 Å². The number of nitrogens with one attached hydrogen (secondary N) is 1. The van der Waals surface area contributed by atoms with Crippen molar-refractivity contribution in [3.8, 4) is 0 Å². The molecule has 3 heteroatoms. The fraction of sp³-hybridized carbons (Fsp3) is 0.706. The zero-order valence-corrected chi connectivity index (χ0v) is 13.4. The van der Waals surface area contributed by atoms with Gasteiger partial charge in [-0.15, -0.1) is 0 Å². The maximum absolute atomic E-state index is 4.59. The van der Waals surface area contributed by atoms with Gasteiger partial charge in [-0.05, 0) is 57.7 Å². The zero-order valence-electron chi connectivity index (χ0n) is 13.4. The number of hydrogen-bond donors (Lipinski definition) is 1. The number of nitrogens with zero attached hydrogens (tertiary/aromatic N) is 2. The van der Waals surface area contributed by atoms with E-state index in [0.29, 0.717) is 12.1 Å². The van der Waals surface area contributed by atoms with Crippen molar-refractivity contribution in [2.24, 2.45) is 5.92 Å². The minimum atomic E-state index is 0.314. The van der Waals surface area contributed by atoms with Gasteiger partial charge < -0.3 is 10.2 Å². The van der Waals surface area contributed by atoms with Crippen LogP contribution in [0.1, 0.15) is 57.7 Å². The molecule has 0 aromatic carbocycles. The molecule has 0 bridgehead atoms. The molecule has 1 N–H and O–H groups in total. The predicted molar refractivity (Wildman–Crippen MR) is 86.2 cm³/mol. The molecule has 1 fully saturated rings. The maximum Gasteiger partial charge on any atom is 0.0571 e. The van der Waals surface area contributed by atoms with E-state index in [2.05, 4.69) is 48.2 Å². The first kappa shape index (κ1) is 15.3. The molecule has 0 radical (unpaired) electrons. The summed E-state index contributed by atoms with van der Waals surface area (Å²) in [5, 5.41) is 3.23. The minimum absolute atomic E-state index is 0.314. The van der Waals surface area contributed by atoms with E-state index in [1.165, 1.54) is 37.8 Å². The van der Waals surface area contributed by atoms with Crippen molar-refractivity contribution in [2.75, 3.05) is 19.0 Å². The second kappa shape index (κ2) is 7.07. The fourth-order valence-corrected chi connectivity index (χ4v) is 3.16. The van der Waals surface area contributed by atoms with E-state index in [9.17, 15) is 0 Å². The summed E-state index contributed by atoms with van der Waals surface area (Å²) in [6.45, 7) is 4.46. The van der Waals surface area contributed by atoms with Crippen LogP contribution in [0.15, 0.2) is 18.3 Å². The third kappa shape index (κ3) is 3.51. The monoisotopic (exact) mass is 275 g/mol. The van der Waals surface area contributed by atoms with Crippen LogP contribution in [0.2, 0.25) is 0 Å². The average molecular weight is 275 g/mol. The fourth-order valence-electron chi connectivity index (χ4n) is 3.16. The quantitative estimate of drug-likeness (QED) is 0.886. The van der Waals surface area contributed by atoms with Gasteiger partial charge in [0.2, 0.25) is 0 Å². The molecule has 112 valence electrons. The number of anilines is 1. The second-order valence-electron chi connectivity index (χ2n) is 6.15. The van der Waals surface area contributed by atoms with Crippen molar-refractivity contribution in [2.45, 2.75) is 58.0 Å². The molecular weight excluding hydrogens is 246 g/mol. The number of aromatic nitrogens is 1. The first-order valence-corrected chi connectivity index (χ1v) is 8.01. The normalized spacial score (nSPS) is 24.4. The molecule has 0 amide bonds. The summed E-state index contributed by atoms with van der Waals surface area (Å²) in [4.78, 5) is 7.02. The molecule has 1 aromatic heterocycles. The number of pyridine rings is 1. The van der Waals surface area contributed by atoms with E-state index in [1.54, 1.807) is 0 Å². The highest BCUT2D eigenvalue weighted by molar-refractivity contribution is 5.45. The Kier molecular flexibility index (Phi) is 5.41. The molecule has 20 heavy (non-hydrogen) atoms. The van der Waals surface area contributed by atoms with Crippen LogP contribution in [0.4, 0.5) is 5.69 Å². The lowest BCUT2D eigenvalue weighted by molar-refractivity contribution is 0.313. The highest BCUT2D eigenvalue weighted by Gasteiger charge is 2.23. The van der Waals surface area contributed by atoms with Crippen LogP contribution in [0, 0.1) is 5.92 Å². The van der Waals surface area contributed by atoms with E-state index in [4.69, 9.17) is 0 Å². The zero-order chi connectivity index (χ0) is 14.5. The summed E-state index contributed by atoms with van der Waals surface area (Å²) in [5.74, 6) is 0.955. The van der Waals surface area contributed by atoms with Gasteiger partial charge in [-0.25, -0.2) is 0 Å². The Morgan fingerprint density at radius 2 is 2.00 bits per heavy atom. The van der Waals surface area contributed by atoms with Crippen molar-refractivity contribution in [1.82, 2.24) is 10.3 Å². The Bertz CT molecular complexity index is 393. The van der Waals surface area contributed by atoms with Crippen LogP contribution in [0.3, 0.4) is 0 Å². The van der Waals surface area contributed by atoms with Crippen LogP contribution in [-0.4, -0.2) is 25.1 Å². The van der Waals surface area contributed by atoms with Crippen molar-refractivity contribution >= 4 is 5.69 Å². The molecule has 0 spiro atoms. The van der Waals surface area contributed by atoms with Gasteiger partial charge in [-0.2, -0.15) is 0 Å². The summed E-state index contributed by atoms with van der Waals surface area (Å²) >= 11 is 0. The van der Waals surface area contributed by atoms with Gasteiger partial charge >= 0.3 is 0 Å². The highest BCUT2D eigenvalue weighted by Crippen LogP contribution is 2.31.